The van der Waals surface area contributed by atoms with Gasteiger partial charge in [0.2, 0.25) is 0 Å². The maximum Gasteiger partial charge on any atom is 0.266 e. The number of hydrogen-bond acceptors (Lipinski definition) is 4. The van der Waals surface area contributed by atoms with Crippen molar-refractivity contribution in [3.8, 4) is 5.75 Å². The molecule has 0 saturated heterocycles. The van der Waals surface area contributed by atoms with Crippen molar-refractivity contribution in [1.82, 2.24) is 4.90 Å². The predicted molar refractivity (Wildman–Crippen MR) is 77.5 cm³/mol. The number of benzene rings is 1. The van der Waals surface area contributed by atoms with Gasteiger partial charge in [-0.2, -0.15) is 0 Å². The summed E-state index contributed by atoms with van der Waals surface area (Å²) in [5, 5.41) is 1.82. The lowest BCUT2D eigenvalue weighted by Gasteiger charge is -2.18. The number of carbonyl (C=O) groups is 1. The first-order valence-corrected chi connectivity index (χ1v) is 6.71. The second-order valence-corrected chi connectivity index (χ2v) is 5.09. The summed E-state index contributed by atoms with van der Waals surface area (Å²) in [6.45, 7) is 0.486. The summed E-state index contributed by atoms with van der Waals surface area (Å²) in [6.07, 6.45) is 0. The second-order valence-electron chi connectivity index (χ2n) is 4.18. The van der Waals surface area contributed by atoms with Crippen LogP contribution in [0.2, 0.25) is 0 Å². The number of thiophene rings is 1. The summed E-state index contributed by atoms with van der Waals surface area (Å²) in [7, 11) is 3.38. The lowest BCUT2D eigenvalue weighted by Crippen LogP contribution is -2.26. The molecule has 1 aromatic carbocycles. The Balaban J connectivity index is 2.15. The lowest BCUT2D eigenvalue weighted by molar-refractivity contribution is 0.0790. The SMILES string of the molecule is COc1ccccc1CN(C)C(=O)c1sccc1N. The summed E-state index contributed by atoms with van der Waals surface area (Å²) in [5.41, 5.74) is 7.26. The van der Waals surface area contributed by atoms with E-state index >= 15 is 0 Å². The van der Waals surface area contributed by atoms with E-state index in [0.717, 1.165) is 11.3 Å². The molecular formula is C14H16N2O2S. The van der Waals surface area contributed by atoms with E-state index in [1.165, 1.54) is 11.3 Å². The third-order valence-electron chi connectivity index (χ3n) is 2.84. The Labute approximate surface area is 116 Å². The molecule has 0 aliphatic rings. The van der Waals surface area contributed by atoms with Gasteiger partial charge in [-0.05, 0) is 17.5 Å². The van der Waals surface area contributed by atoms with Crippen molar-refractivity contribution in [3.63, 3.8) is 0 Å². The minimum Gasteiger partial charge on any atom is -0.496 e. The van der Waals surface area contributed by atoms with Gasteiger partial charge in [0.05, 0.1) is 12.8 Å². The number of nitrogen functional groups attached to an aromatic ring is 1. The molecule has 2 rings (SSSR count). The molecule has 0 fully saturated rings. The number of methoxy groups -OCH3 is 1. The van der Waals surface area contributed by atoms with Crippen LogP contribution in [-0.4, -0.2) is 25.0 Å². The summed E-state index contributed by atoms with van der Waals surface area (Å²) >= 11 is 1.36. The Morgan fingerprint density at radius 1 is 1.37 bits per heavy atom. The van der Waals surface area contributed by atoms with Crippen molar-refractivity contribution in [1.29, 1.82) is 0 Å². The van der Waals surface area contributed by atoms with E-state index in [2.05, 4.69) is 0 Å². The van der Waals surface area contributed by atoms with E-state index in [0.29, 0.717) is 17.1 Å². The van der Waals surface area contributed by atoms with Gasteiger partial charge in [-0.1, -0.05) is 18.2 Å². The zero-order valence-electron chi connectivity index (χ0n) is 10.9. The van der Waals surface area contributed by atoms with Crippen molar-refractivity contribution in [2.45, 2.75) is 6.54 Å². The van der Waals surface area contributed by atoms with Gasteiger partial charge >= 0.3 is 0 Å². The van der Waals surface area contributed by atoms with Crippen molar-refractivity contribution in [2.24, 2.45) is 0 Å². The van der Waals surface area contributed by atoms with Crippen molar-refractivity contribution in [2.75, 3.05) is 19.9 Å². The van der Waals surface area contributed by atoms with Crippen LogP contribution in [0.15, 0.2) is 35.7 Å². The van der Waals surface area contributed by atoms with Crippen molar-refractivity contribution < 1.29 is 9.53 Å². The van der Waals surface area contributed by atoms with Crippen LogP contribution in [0.4, 0.5) is 5.69 Å². The number of anilines is 1. The molecule has 0 atom stereocenters. The normalized spacial score (nSPS) is 10.2. The van der Waals surface area contributed by atoms with Crippen molar-refractivity contribution >= 4 is 22.9 Å². The number of hydrogen-bond donors (Lipinski definition) is 1. The average Bonchev–Trinajstić information content (AvgIpc) is 2.84. The Hall–Kier alpha value is -2.01. The maximum atomic E-state index is 12.2. The molecule has 4 nitrogen and oxygen atoms in total. The molecule has 0 aliphatic carbocycles. The Morgan fingerprint density at radius 2 is 2.11 bits per heavy atom. The Morgan fingerprint density at radius 3 is 2.74 bits per heavy atom. The number of nitrogens with two attached hydrogens (primary N) is 1. The van der Waals surface area contributed by atoms with Crippen LogP contribution in [0, 0.1) is 0 Å². The fourth-order valence-electron chi connectivity index (χ4n) is 1.83. The van der Waals surface area contributed by atoms with Gasteiger partial charge in [-0.15, -0.1) is 11.3 Å². The van der Waals surface area contributed by atoms with Crippen LogP contribution in [0.5, 0.6) is 5.75 Å². The van der Waals surface area contributed by atoms with Crippen LogP contribution in [0.25, 0.3) is 0 Å². The zero-order valence-corrected chi connectivity index (χ0v) is 11.7. The highest BCUT2D eigenvalue weighted by molar-refractivity contribution is 7.12. The minimum atomic E-state index is -0.0709. The van der Waals surface area contributed by atoms with Gasteiger partial charge in [0.15, 0.2) is 0 Å². The van der Waals surface area contributed by atoms with E-state index in [4.69, 9.17) is 10.5 Å². The molecule has 100 valence electrons. The topological polar surface area (TPSA) is 55.6 Å². The standard InChI is InChI=1S/C14H16N2O2S/c1-16(14(17)13-11(15)7-8-19-13)9-10-5-3-4-6-12(10)18-2/h3-8H,9,15H2,1-2H3. The third-order valence-corrected chi connectivity index (χ3v) is 3.75. The first-order chi connectivity index (χ1) is 9.13. The summed E-state index contributed by atoms with van der Waals surface area (Å²) < 4.78 is 5.28. The number of carbonyl (C=O) groups excluding carboxylic acids is 1. The number of nitrogens with zero attached hydrogens (tertiary/aromatic N) is 1. The number of para-hydroxylation sites is 1. The summed E-state index contributed by atoms with van der Waals surface area (Å²) in [5.74, 6) is 0.708. The largest absolute Gasteiger partial charge is 0.496 e. The Bertz CT molecular complexity index is 580. The quantitative estimate of drug-likeness (QED) is 0.934. The van der Waals surface area contributed by atoms with Gasteiger partial charge in [-0.25, -0.2) is 0 Å². The van der Waals surface area contributed by atoms with Crippen LogP contribution in [-0.2, 0) is 6.54 Å². The van der Waals surface area contributed by atoms with Gasteiger partial charge < -0.3 is 15.4 Å². The minimum absolute atomic E-state index is 0.0709. The van der Waals surface area contributed by atoms with Crippen LogP contribution in [0.1, 0.15) is 15.2 Å². The van der Waals surface area contributed by atoms with E-state index in [-0.39, 0.29) is 5.91 Å². The monoisotopic (exact) mass is 276 g/mol. The smallest absolute Gasteiger partial charge is 0.266 e. The number of amides is 1. The fraction of sp³-hybridized carbons (Fsp3) is 0.214. The third kappa shape index (κ3) is 2.88. The molecule has 0 unspecified atom stereocenters. The highest BCUT2D eigenvalue weighted by atomic mass is 32.1. The molecule has 1 amide bonds. The molecule has 2 N–H and O–H groups in total. The molecule has 0 radical (unpaired) electrons. The zero-order chi connectivity index (χ0) is 13.8. The molecule has 0 aliphatic heterocycles. The molecule has 0 saturated carbocycles. The maximum absolute atomic E-state index is 12.2. The molecule has 5 heteroatoms. The summed E-state index contributed by atoms with van der Waals surface area (Å²) in [4.78, 5) is 14.5. The molecule has 0 spiro atoms. The van der Waals surface area contributed by atoms with Gasteiger partial charge in [0.1, 0.15) is 10.6 Å². The molecule has 1 aromatic heterocycles. The van der Waals surface area contributed by atoms with E-state index in [1.807, 2.05) is 29.6 Å². The molecule has 0 bridgehead atoms. The van der Waals surface area contributed by atoms with Gasteiger partial charge in [0, 0.05) is 19.2 Å². The highest BCUT2D eigenvalue weighted by Crippen LogP contribution is 2.23. The van der Waals surface area contributed by atoms with Crippen LogP contribution in [0.3, 0.4) is 0 Å². The lowest BCUT2D eigenvalue weighted by atomic mass is 10.2. The van der Waals surface area contributed by atoms with Crippen LogP contribution < -0.4 is 10.5 Å². The Kier molecular flexibility index (Phi) is 4.06. The molecule has 19 heavy (non-hydrogen) atoms. The van der Waals surface area contributed by atoms with E-state index in [9.17, 15) is 4.79 Å². The van der Waals surface area contributed by atoms with Gasteiger partial charge in [-0.3, -0.25) is 4.79 Å². The summed E-state index contributed by atoms with van der Waals surface area (Å²) in [6, 6.07) is 9.40. The molecular weight excluding hydrogens is 260 g/mol. The first-order valence-electron chi connectivity index (χ1n) is 5.83. The molecule has 1 heterocycles. The predicted octanol–water partition coefficient (Wildman–Crippen LogP) is 2.61. The van der Waals surface area contributed by atoms with E-state index in [1.54, 1.807) is 25.1 Å². The number of ether oxygens (including phenoxy) is 1. The number of rotatable bonds is 4. The fourth-order valence-corrected chi connectivity index (χ4v) is 2.64. The first kappa shape index (κ1) is 13.4. The van der Waals surface area contributed by atoms with E-state index < -0.39 is 0 Å². The highest BCUT2D eigenvalue weighted by Gasteiger charge is 2.17. The average molecular weight is 276 g/mol. The molecule has 2 aromatic rings. The van der Waals surface area contributed by atoms with Crippen LogP contribution >= 0.6 is 11.3 Å². The van der Waals surface area contributed by atoms with Crippen molar-refractivity contribution in [3.05, 3.63) is 46.2 Å². The van der Waals surface area contributed by atoms with Gasteiger partial charge in [0.25, 0.3) is 5.91 Å². The second kappa shape index (κ2) is 5.75.